The summed E-state index contributed by atoms with van der Waals surface area (Å²) in [6, 6.07) is 50.9. The van der Waals surface area contributed by atoms with Gasteiger partial charge in [0.2, 0.25) is 17.7 Å². The van der Waals surface area contributed by atoms with Crippen molar-refractivity contribution in [2.75, 3.05) is 104 Å². The van der Waals surface area contributed by atoms with E-state index >= 15 is 0 Å². The number of halogens is 2. The van der Waals surface area contributed by atoms with Gasteiger partial charge in [0.15, 0.2) is 5.78 Å². The van der Waals surface area contributed by atoms with Crippen LogP contribution in [0.25, 0.3) is 0 Å². The fourth-order valence-electron chi connectivity index (χ4n) is 10.7. The maximum absolute atomic E-state index is 12.3. The number of nitrogens with one attached hydrogen (secondary N) is 2. The van der Waals surface area contributed by atoms with Crippen molar-refractivity contribution >= 4 is 81.4 Å². The molecule has 1 atom stereocenters. The number of carbonyl (C=O) groups excluding carboxylic acids is 7. The number of amides is 5. The van der Waals surface area contributed by atoms with Gasteiger partial charge in [0.1, 0.15) is 29.3 Å². The molecule has 6 aliphatic heterocycles. The minimum absolute atomic E-state index is 0.00771. The highest BCUT2D eigenvalue weighted by Gasteiger charge is 2.31. The second-order valence-corrected chi connectivity index (χ2v) is 29.2. The zero-order valence-corrected chi connectivity index (χ0v) is 65.4. The molecule has 12 rings (SSSR count). The summed E-state index contributed by atoms with van der Waals surface area (Å²) in [5, 5.41) is 33.0. The number of aliphatic hydroxyl groups is 3. The number of hydrogen-bond donors (Lipinski definition) is 5. The number of methoxy groups -OCH3 is 1. The molecule has 24 heteroatoms. The summed E-state index contributed by atoms with van der Waals surface area (Å²) in [5.41, 5.74) is 7.00. The molecule has 5 N–H and O–H groups in total. The first-order chi connectivity index (χ1) is 50.3. The van der Waals surface area contributed by atoms with Gasteiger partial charge in [-0.05, 0) is 179 Å². The number of anilines is 1. The molecule has 572 valence electrons. The van der Waals surface area contributed by atoms with Crippen LogP contribution >= 0.6 is 34.2 Å². The average Bonchev–Trinajstić information content (AvgIpc) is 1.34. The van der Waals surface area contributed by atoms with Crippen LogP contribution in [0, 0.1) is 3.57 Å². The number of benzene rings is 6. The molecule has 6 aromatic carbocycles. The van der Waals surface area contributed by atoms with Gasteiger partial charge in [0.05, 0.1) is 59.2 Å². The maximum Gasteiger partial charge on any atom is 0.410 e. The van der Waals surface area contributed by atoms with E-state index in [0.29, 0.717) is 83.1 Å². The monoisotopic (exact) mass is 1580 g/mol. The van der Waals surface area contributed by atoms with Crippen LogP contribution in [0.15, 0.2) is 158 Å². The van der Waals surface area contributed by atoms with Gasteiger partial charge in [0.25, 0.3) is 0 Å². The lowest BCUT2D eigenvalue weighted by atomic mass is 10.1. The summed E-state index contributed by atoms with van der Waals surface area (Å²) in [4.78, 5) is 91.7. The maximum atomic E-state index is 12.3. The fraction of sp³-hybridized carbons (Fsp3) is 0.469. The molecule has 1 unspecified atom stereocenters. The summed E-state index contributed by atoms with van der Waals surface area (Å²) in [6.45, 7) is 23.4. The number of piperidine rings is 2. The van der Waals surface area contributed by atoms with Crippen LogP contribution < -0.4 is 20.3 Å². The normalized spacial score (nSPS) is 16.5. The second-order valence-electron chi connectivity index (χ2n) is 27.7. The summed E-state index contributed by atoms with van der Waals surface area (Å²) < 4.78 is 21.9. The number of hydrogen-bond acceptors (Lipinski definition) is 17. The molecular weight excluding hydrogens is 1470 g/mol. The summed E-state index contributed by atoms with van der Waals surface area (Å²) in [5.74, 6) is 2.11. The van der Waals surface area contributed by atoms with Crippen LogP contribution in [0.3, 0.4) is 0 Å². The minimum Gasteiger partial charge on any atom is -0.497 e. The van der Waals surface area contributed by atoms with Crippen LogP contribution in [0.1, 0.15) is 126 Å². The molecule has 6 saturated heterocycles. The molecule has 0 aliphatic carbocycles. The molecule has 0 bridgehead atoms. The minimum atomic E-state index is -0.564. The number of piperazine rings is 3. The van der Waals surface area contributed by atoms with Crippen molar-refractivity contribution in [1.82, 2.24) is 35.1 Å². The van der Waals surface area contributed by atoms with Crippen LogP contribution in [0.4, 0.5) is 15.3 Å². The molecule has 0 radical (unpaired) electrons. The van der Waals surface area contributed by atoms with Crippen LogP contribution in [-0.4, -0.2) is 197 Å². The van der Waals surface area contributed by atoms with Gasteiger partial charge in [-0.15, -0.1) is 11.6 Å². The van der Waals surface area contributed by atoms with E-state index in [9.17, 15) is 33.6 Å². The van der Waals surface area contributed by atoms with Crippen molar-refractivity contribution in [2.45, 2.75) is 150 Å². The van der Waals surface area contributed by atoms with Gasteiger partial charge in [0, 0.05) is 100 Å². The van der Waals surface area contributed by atoms with Gasteiger partial charge >= 0.3 is 12.2 Å². The third-order valence-electron chi connectivity index (χ3n) is 16.6. The molecule has 6 heterocycles. The Labute approximate surface area is 639 Å². The number of ether oxygens (including phenoxy) is 4. The van der Waals surface area contributed by atoms with Crippen molar-refractivity contribution < 1.29 is 67.8 Å². The number of rotatable bonds is 12. The molecule has 6 aromatic rings. The Morgan fingerprint density at radius 1 is 0.505 bits per heavy atom. The van der Waals surface area contributed by atoms with Crippen molar-refractivity contribution in [3.63, 3.8) is 0 Å². The molecular formula is C81H110ClIN8O14. The number of para-hydroxylation sites is 1. The Kier molecular flexibility index (Phi) is 39.7. The summed E-state index contributed by atoms with van der Waals surface area (Å²) >= 11 is 7.86. The first-order valence-electron chi connectivity index (χ1n) is 35.9. The lowest BCUT2D eigenvalue weighted by Gasteiger charge is -2.35. The van der Waals surface area contributed by atoms with Gasteiger partial charge in [-0.3, -0.25) is 28.9 Å². The predicted molar refractivity (Wildman–Crippen MR) is 418 cm³/mol. The van der Waals surface area contributed by atoms with E-state index in [1.54, 1.807) is 32.8 Å². The van der Waals surface area contributed by atoms with E-state index in [1.165, 1.54) is 26.2 Å². The number of Topliss-reactive ketones (excluding diaryl/α,β-unsaturated/α-hetero) is 2. The molecule has 0 saturated carbocycles. The Morgan fingerprint density at radius 2 is 0.952 bits per heavy atom. The highest BCUT2D eigenvalue weighted by Crippen LogP contribution is 2.21. The quantitative estimate of drug-likeness (QED) is 0.0563. The Hall–Kier alpha value is -8.01. The highest BCUT2D eigenvalue weighted by molar-refractivity contribution is 14.1. The third-order valence-corrected chi connectivity index (χ3v) is 17.6. The molecule has 5 amide bonds. The van der Waals surface area contributed by atoms with Crippen molar-refractivity contribution in [3.05, 3.63) is 200 Å². The largest absolute Gasteiger partial charge is 0.497 e. The zero-order valence-electron chi connectivity index (χ0n) is 62.5. The molecule has 105 heavy (non-hydrogen) atoms. The number of carbonyl (C=O) groups is 7. The van der Waals surface area contributed by atoms with Crippen molar-refractivity contribution in [3.8, 4) is 5.75 Å². The summed E-state index contributed by atoms with van der Waals surface area (Å²) in [7, 11) is 1.65. The van der Waals surface area contributed by atoms with E-state index in [0.717, 1.165) is 109 Å². The lowest BCUT2D eigenvalue weighted by Crippen LogP contribution is -2.52. The van der Waals surface area contributed by atoms with Crippen LogP contribution in [0.5, 0.6) is 5.75 Å². The highest BCUT2D eigenvalue weighted by atomic mass is 127. The standard InChI is InChI=1S/C18H20N2O2.C17H24N2O4.C12H16N2O2.C10H17NO3.C8H9ClO.C6H5I.C5H9NO.C5H10O/c21-14-16-8-6-15(7-9-16)12-20-11-10-19(13-18(20)22)17-4-2-1-3-5-17;1-17(2,3)23-16(22)19-9-8-18(15(21)11-19)10-13-4-6-14(12-20)7-5-13;15-9-11-3-1-10(2-4-11)8-14-6-5-13-7-12(14)16;1-10(2,3)14-9(13)11-6-4-5-8(12)7-11;1-10-8-4-2-7(6-9)3-5-8;7-6-4-2-1-3-5-6;7-5-2-1-3-6-4-5;1-5-3-2-4-6-5/h1-9,21H,10-14H2;4-7,20H,8-12H2,1-3H3;1-4,13,15H,5-9H2;4-7H2,1-3H3;2-5H,6H2,1H3;1-5H;6H,1-4H2;5H,2-4H2,1H3. The molecule has 6 aliphatic rings. The van der Waals surface area contributed by atoms with E-state index in [1.807, 2.05) is 176 Å². The van der Waals surface area contributed by atoms with Gasteiger partial charge in [-0.2, -0.15) is 0 Å². The van der Waals surface area contributed by atoms with E-state index in [4.69, 9.17) is 45.9 Å². The predicted octanol–water partition coefficient (Wildman–Crippen LogP) is 11.3. The first-order valence-corrected chi connectivity index (χ1v) is 37.5. The van der Waals surface area contributed by atoms with E-state index < -0.39 is 17.3 Å². The van der Waals surface area contributed by atoms with Crippen LogP contribution in [0.2, 0.25) is 0 Å². The second kappa shape index (κ2) is 47.5. The van der Waals surface area contributed by atoms with Crippen LogP contribution in [-0.2, 0) is 83.5 Å². The number of nitrogens with zero attached hydrogens (tertiary/aromatic N) is 6. The van der Waals surface area contributed by atoms with E-state index in [-0.39, 0.29) is 62.5 Å². The lowest BCUT2D eigenvalue weighted by molar-refractivity contribution is -0.136. The number of alkyl halides is 1. The molecule has 0 aromatic heterocycles. The van der Waals surface area contributed by atoms with E-state index in [2.05, 4.69) is 57.2 Å². The number of aliphatic hydroxyl groups excluding tert-OH is 3. The molecule has 22 nitrogen and oxygen atoms in total. The smallest absolute Gasteiger partial charge is 0.410 e. The van der Waals surface area contributed by atoms with Crippen molar-refractivity contribution in [1.29, 1.82) is 0 Å². The SMILES string of the molecule is CC(C)(C)OC(=O)N1CCCC(=O)C1.CC(C)(C)OC(=O)N1CCN(Cc2ccc(CO)cc2)C(=O)C1.CC1CCCO1.COc1ccc(CCl)cc1.Ic1ccccc1.O=C1CCCNC1.O=C1CN(c2ccccc2)CCN1Cc1ccc(CO)cc1.O=C1CNCCN1Cc1ccc(CO)cc1. The Bertz CT molecular complexity index is 3490. The van der Waals surface area contributed by atoms with Gasteiger partial charge in [-0.25, -0.2) is 9.59 Å². The summed E-state index contributed by atoms with van der Waals surface area (Å²) in [6.07, 6.45) is 5.39. The number of likely N-dealkylation sites (tertiary alicyclic amines) is 1. The van der Waals surface area contributed by atoms with Gasteiger partial charge in [-0.1, -0.05) is 121 Å². The third kappa shape index (κ3) is 35.8. The fourth-order valence-corrected chi connectivity index (χ4v) is 11.3. The topological polar surface area (TPSA) is 261 Å². The Balaban J connectivity index is 0.000000224. The van der Waals surface area contributed by atoms with Gasteiger partial charge < -0.3 is 69.4 Å². The molecule has 0 spiro atoms. The Morgan fingerprint density at radius 3 is 1.31 bits per heavy atom. The zero-order chi connectivity index (χ0) is 76.6. The first kappa shape index (κ1) is 87.6. The van der Waals surface area contributed by atoms with Crippen molar-refractivity contribution in [2.24, 2.45) is 0 Å². The molecule has 6 fully saturated rings. The average molecular weight is 1580 g/mol. The number of ketones is 2.